The number of benzene rings is 1. The van der Waals surface area contributed by atoms with Crippen molar-refractivity contribution in [2.75, 3.05) is 53.0 Å². The summed E-state index contributed by atoms with van der Waals surface area (Å²) in [5, 5.41) is 7.42. The van der Waals surface area contributed by atoms with E-state index in [1.807, 2.05) is 30.3 Å². The van der Waals surface area contributed by atoms with Crippen LogP contribution in [-0.4, -0.2) is 73.9 Å². The summed E-state index contributed by atoms with van der Waals surface area (Å²) in [6, 6.07) is 9.90. The van der Waals surface area contributed by atoms with Gasteiger partial charge >= 0.3 is 0 Å². The van der Waals surface area contributed by atoms with Gasteiger partial charge in [0.2, 0.25) is 0 Å². The zero-order valence-corrected chi connectivity index (χ0v) is 20.8. The van der Waals surface area contributed by atoms with Gasteiger partial charge in [-0.2, -0.15) is 0 Å². The molecule has 0 unspecified atom stereocenters. The third kappa shape index (κ3) is 8.66. The fraction of sp³-hybridized carbons (Fsp3) is 0.545. The number of guanidine groups is 1. The summed E-state index contributed by atoms with van der Waals surface area (Å²) < 4.78 is 15.9. The molecule has 1 N–H and O–H groups in total. The molecule has 31 heavy (non-hydrogen) atoms. The van der Waals surface area contributed by atoms with Crippen molar-refractivity contribution in [3.05, 3.63) is 47.9 Å². The first-order valence-electron chi connectivity index (χ1n) is 10.6. The molecule has 0 amide bonds. The largest absolute Gasteiger partial charge is 0.497 e. The number of hydrogen-bond acceptors (Lipinski definition) is 6. The van der Waals surface area contributed by atoms with Crippen LogP contribution in [-0.2, 0) is 17.9 Å². The topological polar surface area (TPSA) is 75.4 Å². The monoisotopic (exact) mass is 543 g/mol. The van der Waals surface area contributed by atoms with Gasteiger partial charge in [-0.05, 0) is 31.0 Å². The molecule has 9 heteroatoms. The lowest BCUT2D eigenvalue weighted by atomic mass is 10.2. The maximum absolute atomic E-state index is 5.78. The summed E-state index contributed by atoms with van der Waals surface area (Å²) >= 11 is 0. The lowest BCUT2D eigenvalue weighted by Gasteiger charge is -2.36. The predicted molar refractivity (Wildman–Crippen MR) is 132 cm³/mol. The van der Waals surface area contributed by atoms with Gasteiger partial charge in [0.25, 0.3) is 0 Å². The molecule has 172 valence electrons. The second-order valence-corrected chi connectivity index (χ2v) is 7.24. The van der Waals surface area contributed by atoms with Gasteiger partial charge in [-0.15, -0.1) is 24.0 Å². The number of piperazine rings is 1. The van der Waals surface area contributed by atoms with E-state index in [0.717, 1.165) is 75.2 Å². The number of halogens is 1. The van der Waals surface area contributed by atoms with Crippen LogP contribution in [0.5, 0.6) is 5.75 Å². The van der Waals surface area contributed by atoms with E-state index in [9.17, 15) is 0 Å². The minimum atomic E-state index is 0. The molecule has 1 aliphatic heterocycles. The Balaban J connectivity index is 0.00000341. The summed E-state index contributed by atoms with van der Waals surface area (Å²) in [6.45, 7) is 9.76. The maximum Gasteiger partial charge on any atom is 0.194 e. The van der Waals surface area contributed by atoms with E-state index in [1.165, 1.54) is 0 Å². The smallest absolute Gasteiger partial charge is 0.194 e. The number of ether oxygens (including phenoxy) is 2. The Kier molecular flexibility index (Phi) is 11.7. The summed E-state index contributed by atoms with van der Waals surface area (Å²) in [6.07, 6.45) is 2.53. The Morgan fingerprint density at radius 1 is 1.16 bits per heavy atom. The minimum Gasteiger partial charge on any atom is -0.497 e. The van der Waals surface area contributed by atoms with Crippen LogP contribution in [0.25, 0.3) is 0 Å². The van der Waals surface area contributed by atoms with Crippen LogP contribution in [0, 0.1) is 0 Å². The van der Waals surface area contributed by atoms with Crippen molar-refractivity contribution in [2.24, 2.45) is 4.99 Å². The quantitative estimate of drug-likeness (QED) is 0.214. The fourth-order valence-corrected chi connectivity index (χ4v) is 3.36. The Labute approximate surface area is 202 Å². The third-order valence-electron chi connectivity index (χ3n) is 5.02. The van der Waals surface area contributed by atoms with E-state index >= 15 is 0 Å². The highest BCUT2D eigenvalue weighted by atomic mass is 127. The molecular weight excluding hydrogens is 509 g/mol. The van der Waals surface area contributed by atoms with Crippen LogP contribution < -0.4 is 10.1 Å². The predicted octanol–water partition coefficient (Wildman–Crippen LogP) is 2.99. The van der Waals surface area contributed by atoms with Crippen molar-refractivity contribution < 1.29 is 14.0 Å². The normalized spacial score (nSPS) is 14.9. The van der Waals surface area contributed by atoms with Crippen molar-refractivity contribution in [1.29, 1.82) is 0 Å². The fourth-order valence-electron chi connectivity index (χ4n) is 3.36. The average Bonchev–Trinajstić information content (AvgIpc) is 3.29. The molecule has 0 radical (unpaired) electrons. The molecule has 0 spiro atoms. The number of methoxy groups -OCH3 is 1. The zero-order valence-electron chi connectivity index (χ0n) is 18.5. The molecule has 1 saturated heterocycles. The Hall–Kier alpha value is -1.85. The molecule has 8 nitrogen and oxygen atoms in total. The van der Waals surface area contributed by atoms with Gasteiger partial charge in [0.05, 0.1) is 19.4 Å². The van der Waals surface area contributed by atoms with Crippen LogP contribution in [0.4, 0.5) is 0 Å². The van der Waals surface area contributed by atoms with E-state index in [4.69, 9.17) is 19.0 Å². The number of nitrogens with one attached hydrogen (secondary N) is 1. The molecule has 0 atom stereocenters. The molecule has 0 bridgehead atoms. The molecule has 2 heterocycles. The Morgan fingerprint density at radius 2 is 1.94 bits per heavy atom. The SMILES string of the molecule is CCNC(=NCCCOCc1ccc(OC)cc1)N1CCN(Cc2ccon2)CC1.I. The van der Waals surface area contributed by atoms with Crippen molar-refractivity contribution in [2.45, 2.75) is 26.5 Å². The number of hydrogen-bond donors (Lipinski definition) is 1. The highest BCUT2D eigenvalue weighted by molar-refractivity contribution is 14.0. The van der Waals surface area contributed by atoms with Gasteiger partial charge in [-0.3, -0.25) is 9.89 Å². The molecule has 0 saturated carbocycles. The van der Waals surface area contributed by atoms with E-state index < -0.39 is 0 Å². The second-order valence-electron chi connectivity index (χ2n) is 7.24. The van der Waals surface area contributed by atoms with E-state index in [2.05, 4.69) is 27.2 Å². The number of aliphatic imine (C=N–C) groups is 1. The Morgan fingerprint density at radius 3 is 2.58 bits per heavy atom. The molecule has 1 aromatic carbocycles. The molecule has 3 rings (SSSR count). The first-order chi connectivity index (χ1) is 14.8. The number of nitrogens with zero attached hydrogens (tertiary/aromatic N) is 4. The highest BCUT2D eigenvalue weighted by Crippen LogP contribution is 2.12. The van der Waals surface area contributed by atoms with Gasteiger partial charge in [0.1, 0.15) is 12.0 Å². The second kappa shape index (κ2) is 14.3. The standard InChI is InChI=1S/C22H33N5O3.HI/c1-3-23-22(27-13-11-26(12-14-27)17-20-9-16-30-25-20)24-10-4-15-29-18-19-5-7-21(28-2)8-6-19;/h5-9,16H,3-4,10-15,17-18H2,1-2H3,(H,23,24);1H. The Bertz CT molecular complexity index is 747. The molecule has 1 aliphatic rings. The van der Waals surface area contributed by atoms with Crippen molar-refractivity contribution in [3.8, 4) is 5.75 Å². The van der Waals surface area contributed by atoms with E-state index in [-0.39, 0.29) is 24.0 Å². The first kappa shape index (κ1) is 25.4. The van der Waals surface area contributed by atoms with E-state index in [1.54, 1.807) is 13.4 Å². The van der Waals surface area contributed by atoms with Crippen LogP contribution >= 0.6 is 24.0 Å². The van der Waals surface area contributed by atoms with Gasteiger partial charge in [0.15, 0.2) is 5.96 Å². The van der Waals surface area contributed by atoms with E-state index in [0.29, 0.717) is 13.2 Å². The van der Waals surface area contributed by atoms with Crippen LogP contribution in [0.15, 0.2) is 46.1 Å². The zero-order chi connectivity index (χ0) is 21.0. The van der Waals surface area contributed by atoms with Crippen molar-refractivity contribution in [3.63, 3.8) is 0 Å². The molecular formula is C22H34IN5O3. The van der Waals surface area contributed by atoms with Gasteiger partial charge in [-0.25, -0.2) is 0 Å². The minimum absolute atomic E-state index is 0. The summed E-state index contributed by atoms with van der Waals surface area (Å²) in [5.41, 5.74) is 2.13. The van der Waals surface area contributed by atoms with Crippen LogP contribution in [0.3, 0.4) is 0 Å². The van der Waals surface area contributed by atoms with Gasteiger partial charge in [-0.1, -0.05) is 17.3 Å². The third-order valence-corrected chi connectivity index (χ3v) is 5.02. The van der Waals surface area contributed by atoms with Crippen molar-refractivity contribution >= 4 is 29.9 Å². The van der Waals surface area contributed by atoms with Gasteiger partial charge in [0, 0.05) is 58.5 Å². The first-order valence-corrected chi connectivity index (χ1v) is 10.6. The number of aromatic nitrogens is 1. The lowest BCUT2D eigenvalue weighted by Crippen LogP contribution is -2.52. The molecule has 0 aliphatic carbocycles. The van der Waals surface area contributed by atoms with Crippen molar-refractivity contribution in [1.82, 2.24) is 20.3 Å². The summed E-state index contributed by atoms with van der Waals surface area (Å²) in [4.78, 5) is 9.52. The average molecular weight is 543 g/mol. The highest BCUT2D eigenvalue weighted by Gasteiger charge is 2.20. The summed E-state index contributed by atoms with van der Waals surface area (Å²) in [5.74, 6) is 1.86. The molecule has 1 aromatic heterocycles. The van der Waals surface area contributed by atoms with Gasteiger partial charge < -0.3 is 24.2 Å². The molecule has 1 fully saturated rings. The molecule has 2 aromatic rings. The summed E-state index contributed by atoms with van der Waals surface area (Å²) in [7, 11) is 1.67. The lowest BCUT2D eigenvalue weighted by molar-refractivity contribution is 0.120. The maximum atomic E-state index is 5.78. The number of rotatable bonds is 10. The van der Waals surface area contributed by atoms with Crippen LogP contribution in [0.2, 0.25) is 0 Å². The van der Waals surface area contributed by atoms with Crippen LogP contribution in [0.1, 0.15) is 24.6 Å².